The molecule has 1 N–H and O–H groups in total. The minimum Gasteiger partial charge on any atom is -0.338 e. The number of nitrogens with one attached hydrogen (secondary N) is 1. The van der Waals surface area contributed by atoms with Crippen LogP contribution >= 0.6 is 0 Å². The second-order valence-electron chi connectivity index (χ2n) is 7.04. The molecule has 1 saturated carbocycles. The van der Waals surface area contributed by atoms with Gasteiger partial charge in [0.05, 0.1) is 0 Å². The Morgan fingerprint density at radius 2 is 1.86 bits per heavy atom. The van der Waals surface area contributed by atoms with E-state index in [1.54, 1.807) is 0 Å². The van der Waals surface area contributed by atoms with E-state index in [0.29, 0.717) is 17.9 Å². The van der Waals surface area contributed by atoms with Crippen LogP contribution in [-0.4, -0.2) is 36.5 Å². The quantitative estimate of drug-likeness (QED) is 0.778. The van der Waals surface area contributed by atoms with Crippen LogP contribution in [0, 0.1) is 11.8 Å². The van der Waals surface area contributed by atoms with Gasteiger partial charge in [-0.2, -0.15) is 0 Å². The fourth-order valence-corrected chi connectivity index (χ4v) is 4.04. The van der Waals surface area contributed by atoms with Crippen molar-refractivity contribution in [2.75, 3.05) is 19.6 Å². The van der Waals surface area contributed by atoms with Crippen LogP contribution in [0.2, 0.25) is 0 Å². The molecule has 0 bridgehead atoms. The molecule has 1 atom stereocenters. The lowest BCUT2D eigenvalue weighted by molar-refractivity contribution is -0.139. The van der Waals surface area contributed by atoms with E-state index in [1.165, 1.54) is 32.1 Å². The second kappa shape index (κ2) is 8.77. The smallest absolute Gasteiger partial charge is 0.225 e. The van der Waals surface area contributed by atoms with E-state index in [1.807, 2.05) is 0 Å². The zero-order valence-corrected chi connectivity index (χ0v) is 14.1. The molecule has 1 aliphatic carbocycles. The minimum atomic E-state index is 0.315. The number of carbonyl (C=O) groups excluding carboxylic acids is 1. The predicted octanol–water partition coefficient (Wildman–Crippen LogP) is 3.58. The van der Waals surface area contributed by atoms with Crippen molar-refractivity contribution in [1.82, 2.24) is 10.2 Å². The average Bonchev–Trinajstić information content (AvgIpc) is 3.04. The predicted molar refractivity (Wildman–Crippen MR) is 88.3 cm³/mol. The summed E-state index contributed by atoms with van der Waals surface area (Å²) in [6, 6.07) is 0.454. The van der Waals surface area contributed by atoms with Gasteiger partial charge in [-0.1, -0.05) is 33.1 Å². The first-order valence-electron chi connectivity index (χ1n) is 9.27. The minimum absolute atomic E-state index is 0.315. The molecule has 2 fully saturated rings. The Morgan fingerprint density at radius 1 is 1.10 bits per heavy atom. The Kier molecular flexibility index (Phi) is 7.01. The topological polar surface area (TPSA) is 32.3 Å². The molecule has 0 aromatic heterocycles. The van der Waals surface area contributed by atoms with Crippen LogP contribution < -0.4 is 5.32 Å². The zero-order valence-electron chi connectivity index (χ0n) is 14.1. The molecule has 3 heteroatoms. The largest absolute Gasteiger partial charge is 0.338 e. The van der Waals surface area contributed by atoms with Crippen LogP contribution in [-0.2, 0) is 4.79 Å². The van der Waals surface area contributed by atoms with E-state index in [9.17, 15) is 4.79 Å². The summed E-state index contributed by atoms with van der Waals surface area (Å²) in [5.41, 5.74) is 0. The molecule has 0 spiro atoms. The molecule has 1 unspecified atom stereocenters. The number of hydrogen-bond donors (Lipinski definition) is 1. The molecule has 1 saturated heterocycles. The van der Waals surface area contributed by atoms with Crippen molar-refractivity contribution >= 4 is 5.91 Å². The van der Waals surface area contributed by atoms with Gasteiger partial charge in [0.1, 0.15) is 0 Å². The Morgan fingerprint density at radius 3 is 2.43 bits per heavy atom. The molecule has 0 radical (unpaired) electrons. The number of hydrogen-bond acceptors (Lipinski definition) is 2. The third-order valence-corrected chi connectivity index (χ3v) is 5.38. The van der Waals surface area contributed by atoms with E-state index >= 15 is 0 Å². The van der Waals surface area contributed by atoms with Crippen LogP contribution in [0.3, 0.4) is 0 Å². The highest BCUT2D eigenvalue weighted by Crippen LogP contribution is 2.33. The van der Waals surface area contributed by atoms with Crippen molar-refractivity contribution in [2.45, 2.75) is 77.7 Å². The van der Waals surface area contributed by atoms with Crippen molar-refractivity contribution in [2.24, 2.45) is 11.8 Å². The average molecular weight is 294 g/mol. The molecule has 0 aromatic carbocycles. The number of unbranched alkanes of at least 4 members (excludes halogenated alkanes) is 1. The highest BCUT2D eigenvalue weighted by molar-refractivity contribution is 5.79. The summed E-state index contributed by atoms with van der Waals surface area (Å²) < 4.78 is 0. The van der Waals surface area contributed by atoms with Crippen molar-refractivity contribution in [3.8, 4) is 0 Å². The maximum atomic E-state index is 12.9. The number of carbonyl (C=O) groups is 1. The number of nitrogens with zero attached hydrogens (tertiary/aromatic N) is 1. The van der Waals surface area contributed by atoms with Gasteiger partial charge in [0.2, 0.25) is 5.91 Å². The molecule has 0 aromatic rings. The van der Waals surface area contributed by atoms with E-state index < -0.39 is 0 Å². The summed E-state index contributed by atoms with van der Waals surface area (Å²) in [6.45, 7) is 7.47. The molecule has 2 aliphatic rings. The summed E-state index contributed by atoms with van der Waals surface area (Å²) >= 11 is 0. The Labute approximate surface area is 130 Å². The van der Waals surface area contributed by atoms with Crippen LogP contribution in [0.25, 0.3) is 0 Å². The van der Waals surface area contributed by atoms with Gasteiger partial charge >= 0.3 is 0 Å². The first-order valence-corrected chi connectivity index (χ1v) is 9.27. The Bertz CT molecular complexity index is 304. The zero-order chi connectivity index (χ0) is 15.1. The van der Waals surface area contributed by atoms with E-state index in [-0.39, 0.29) is 0 Å². The highest BCUT2D eigenvalue weighted by atomic mass is 16.2. The summed E-state index contributed by atoms with van der Waals surface area (Å²) in [5, 5.41) is 3.41. The summed E-state index contributed by atoms with van der Waals surface area (Å²) in [4.78, 5) is 15.1. The van der Waals surface area contributed by atoms with E-state index in [0.717, 1.165) is 51.2 Å². The van der Waals surface area contributed by atoms with Crippen LogP contribution in [0.15, 0.2) is 0 Å². The van der Waals surface area contributed by atoms with Crippen LogP contribution in [0.4, 0.5) is 0 Å². The standard InChI is InChI=1S/C18H34N2O/c1-3-5-6-15-7-9-16(10-8-15)18(21)20(13-4-2)17-11-12-19-14-17/h15-17,19H,3-14H2,1-2H3. The number of amides is 1. The van der Waals surface area contributed by atoms with Gasteiger partial charge < -0.3 is 10.2 Å². The fraction of sp³-hybridized carbons (Fsp3) is 0.944. The molecular weight excluding hydrogens is 260 g/mol. The summed E-state index contributed by atoms with van der Waals surface area (Å²) in [7, 11) is 0. The van der Waals surface area contributed by atoms with Crippen LogP contribution in [0.5, 0.6) is 0 Å². The Balaban J connectivity index is 1.83. The van der Waals surface area contributed by atoms with Crippen molar-refractivity contribution in [1.29, 1.82) is 0 Å². The first-order chi connectivity index (χ1) is 10.3. The lowest BCUT2D eigenvalue weighted by atomic mass is 9.79. The second-order valence-corrected chi connectivity index (χ2v) is 7.04. The molecule has 1 aliphatic heterocycles. The van der Waals surface area contributed by atoms with Gasteiger partial charge in [-0.25, -0.2) is 0 Å². The van der Waals surface area contributed by atoms with Crippen molar-refractivity contribution in [3.05, 3.63) is 0 Å². The molecule has 1 heterocycles. The van der Waals surface area contributed by atoms with Crippen molar-refractivity contribution in [3.63, 3.8) is 0 Å². The van der Waals surface area contributed by atoms with Gasteiger partial charge in [0.25, 0.3) is 0 Å². The maximum absolute atomic E-state index is 12.9. The van der Waals surface area contributed by atoms with E-state index in [4.69, 9.17) is 0 Å². The summed E-state index contributed by atoms with van der Waals surface area (Å²) in [5.74, 6) is 1.66. The fourth-order valence-electron chi connectivity index (χ4n) is 4.04. The monoisotopic (exact) mass is 294 g/mol. The lowest BCUT2D eigenvalue weighted by Crippen LogP contribution is -2.45. The van der Waals surface area contributed by atoms with Gasteiger partial charge in [0, 0.05) is 25.0 Å². The number of rotatable bonds is 7. The SMILES string of the molecule is CCCCC1CCC(C(=O)N(CCC)C2CCNC2)CC1. The first kappa shape index (κ1) is 16.8. The maximum Gasteiger partial charge on any atom is 0.225 e. The van der Waals surface area contributed by atoms with Gasteiger partial charge in [0.15, 0.2) is 0 Å². The van der Waals surface area contributed by atoms with Gasteiger partial charge in [-0.05, 0) is 51.0 Å². The third-order valence-electron chi connectivity index (χ3n) is 5.38. The highest BCUT2D eigenvalue weighted by Gasteiger charge is 2.33. The molecule has 2 rings (SSSR count). The molecule has 21 heavy (non-hydrogen) atoms. The lowest BCUT2D eigenvalue weighted by Gasteiger charge is -2.35. The van der Waals surface area contributed by atoms with Crippen molar-refractivity contribution < 1.29 is 4.79 Å². The summed E-state index contributed by atoms with van der Waals surface area (Å²) in [6.07, 6.45) is 11.1. The van der Waals surface area contributed by atoms with Gasteiger partial charge in [-0.15, -0.1) is 0 Å². The van der Waals surface area contributed by atoms with Crippen LogP contribution in [0.1, 0.15) is 71.6 Å². The molecule has 122 valence electrons. The van der Waals surface area contributed by atoms with E-state index in [2.05, 4.69) is 24.1 Å². The molecule has 3 nitrogen and oxygen atoms in total. The Hall–Kier alpha value is -0.570. The molecular formula is C18H34N2O. The van der Waals surface area contributed by atoms with Gasteiger partial charge in [-0.3, -0.25) is 4.79 Å². The third kappa shape index (κ3) is 4.70. The normalized spacial score (nSPS) is 29.5. The molecule has 1 amide bonds.